The Kier molecular flexibility index (Phi) is 3.07. The predicted molar refractivity (Wildman–Crippen MR) is 40.6 cm³/mol. The van der Waals surface area contributed by atoms with Crippen molar-refractivity contribution in [2.24, 2.45) is 5.92 Å². The molecule has 0 aromatic carbocycles. The van der Waals surface area contributed by atoms with Gasteiger partial charge in [-0.2, -0.15) is 0 Å². The van der Waals surface area contributed by atoms with E-state index < -0.39 is 7.60 Å². The van der Waals surface area contributed by atoms with Crippen LogP contribution in [0, 0.1) is 5.92 Å². The van der Waals surface area contributed by atoms with Crippen LogP contribution in [0.1, 0.15) is 6.92 Å². The Balaban J connectivity index is 2.44. The van der Waals surface area contributed by atoms with Crippen LogP contribution in [0.2, 0.25) is 0 Å². The van der Waals surface area contributed by atoms with Gasteiger partial charge >= 0.3 is 7.60 Å². The first-order valence-corrected chi connectivity index (χ1v) is 5.42. The second kappa shape index (κ2) is 3.68. The number of rotatable bonds is 3. The molecule has 1 aliphatic rings. The highest BCUT2D eigenvalue weighted by Gasteiger charge is 2.35. The van der Waals surface area contributed by atoms with Crippen molar-refractivity contribution in [1.29, 1.82) is 0 Å². The number of aliphatic hydroxyl groups excluding tert-OH is 1. The van der Waals surface area contributed by atoms with Gasteiger partial charge in [-0.05, 0) is 6.92 Å². The lowest BCUT2D eigenvalue weighted by molar-refractivity contribution is 0.191. The summed E-state index contributed by atoms with van der Waals surface area (Å²) in [6, 6.07) is 0. The minimum atomic E-state index is -2.80. The van der Waals surface area contributed by atoms with Crippen molar-refractivity contribution >= 4 is 7.60 Å². The molecule has 0 amide bonds. The van der Waals surface area contributed by atoms with E-state index in [1.165, 1.54) is 0 Å². The van der Waals surface area contributed by atoms with E-state index >= 15 is 0 Å². The third kappa shape index (κ3) is 2.27. The average Bonchev–Trinajstić information content (AvgIpc) is 2.33. The zero-order chi connectivity index (χ0) is 8.32. The Labute approximate surface area is 66.0 Å². The van der Waals surface area contributed by atoms with Gasteiger partial charge in [0.05, 0.1) is 19.4 Å². The van der Waals surface area contributed by atoms with Gasteiger partial charge in [-0.3, -0.25) is 4.57 Å². The van der Waals surface area contributed by atoms with Crippen LogP contribution in [0.4, 0.5) is 0 Å². The molecule has 1 rings (SSSR count). The molecule has 1 saturated heterocycles. The zero-order valence-corrected chi connectivity index (χ0v) is 7.42. The maximum Gasteiger partial charge on any atom is 0.331 e. The second-order valence-electron chi connectivity index (χ2n) is 2.56. The SMILES string of the molecule is CCOP1(=O)CC(CO)CO1. The molecule has 1 heterocycles. The molecule has 0 aliphatic carbocycles. The molecular weight excluding hydrogens is 167 g/mol. The van der Waals surface area contributed by atoms with E-state index in [0.717, 1.165) is 0 Å². The van der Waals surface area contributed by atoms with Gasteiger partial charge in [0.15, 0.2) is 0 Å². The third-order valence-electron chi connectivity index (χ3n) is 1.57. The smallest absolute Gasteiger partial charge is 0.331 e. The highest BCUT2D eigenvalue weighted by Crippen LogP contribution is 2.54. The Morgan fingerprint density at radius 2 is 2.55 bits per heavy atom. The summed E-state index contributed by atoms with van der Waals surface area (Å²) in [5, 5.41) is 8.71. The first kappa shape index (κ1) is 9.20. The highest BCUT2D eigenvalue weighted by atomic mass is 31.2. The van der Waals surface area contributed by atoms with Gasteiger partial charge in [-0.25, -0.2) is 0 Å². The van der Waals surface area contributed by atoms with Gasteiger partial charge in [0, 0.05) is 12.5 Å². The molecule has 0 aromatic heterocycles. The fourth-order valence-corrected chi connectivity index (χ4v) is 3.01. The van der Waals surface area contributed by atoms with E-state index in [0.29, 0.717) is 19.4 Å². The minimum Gasteiger partial charge on any atom is -0.396 e. The van der Waals surface area contributed by atoms with E-state index in [4.69, 9.17) is 14.2 Å². The fourth-order valence-electron chi connectivity index (χ4n) is 1.04. The van der Waals surface area contributed by atoms with Crippen molar-refractivity contribution in [3.05, 3.63) is 0 Å². The van der Waals surface area contributed by atoms with Crippen LogP contribution >= 0.6 is 7.60 Å². The van der Waals surface area contributed by atoms with E-state index in [-0.39, 0.29) is 12.5 Å². The maximum atomic E-state index is 11.4. The molecular formula is C6H13O4P. The molecule has 5 heteroatoms. The summed E-state index contributed by atoms with van der Waals surface area (Å²) in [4.78, 5) is 0. The largest absolute Gasteiger partial charge is 0.396 e. The summed E-state index contributed by atoms with van der Waals surface area (Å²) in [6.07, 6.45) is 0.358. The van der Waals surface area contributed by atoms with Gasteiger partial charge < -0.3 is 14.2 Å². The van der Waals surface area contributed by atoms with Crippen molar-refractivity contribution in [1.82, 2.24) is 0 Å². The number of hydrogen-bond acceptors (Lipinski definition) is 4. The van der Waals surface area contributed by atoms with Crippen molar-refractivity contribution in [3.8, 4) is 0 Å². The first-order chi connectivity index (χ1) is 5.20. The maximum absolute atomic E-state index is 11.4. The molecule has 1 aliphatic heterocycles. The molecule has 2 unspecified atom stereocenters. The van der Waals surface area contributed by atoms with Gasteiger partial charge in [-0.1, -0.05) is 0 Å². The van der Waals surface area contributed by atoms with Gasteiger partial charge in [0.2, 0.25) is 0 Å². The van der Waals surface area contributed by atoms with Crippen LogP contribution in [0.3, 0.4) is 0 Å². The Hall–Kier alpha value is 0.110. The monoisotopic (exact) mass is 180 g/mol. The lowest BCUT2D eigenvalue weighted by Crippen LogP contribution is -2.07. The Morgan fingerprint density at radius 3 is 3.00 bits per heavy atom. The van der Waals surface area contributed by atoms with Gasteiger partial charge in [0.25, 0.3) is 0 Å². The van der Waals surface area contributed by atoms with Crippen LogP contribution in [-0.4, -0.2) is 31.1 Å². The van der Waals surface area contributed by atoms with Crippen LogP contribution in [0.25, 0.3) is 0 Å². The zero-order valence-electron chi connectivity index (χ0n) is 6.52. The van der Waals surface area contributed by atoms with Crippen LogP contribution in [0.15, 0.2) is 0 Å². The molecule has 2 atom stereocenters. The van der Waals surface area contributed by atoms with Gasteiger partial charge in [0.1, 0.15) is 0 Å². The Morgan fingerprint density at radius 1 is 1.82 bits per heavy atom. The first-order valence-electron chi connectivity index (χ1n) is 3.69. The standard InChI is InChI=1S/C6H13O4P/c1-2-9-11(8)5-6(3-7)4-10-11/h6-7H,2-5H2,1H3. The quantitative estimate of drug-likeness (QED) is 0.654. The molecule has 11 heavy (non-hydrogen) atoms. The molecule has 0 saturated carbocycles. The van der Waals surface area contributed by atoms with Crippen molar-refractivity contribution in [2.75, 3.05) is 26.0 Å². The van der Waals surface area contributed by atoms with Gasteiger partial charge in [-0.15, -0.1) is 0 Å². The van der Waals surface area contributed by atoms with Crippen molar-refractivity contribution < 1.29 is 18.7 Å². The summed E-state index contributed by atoms with van der Waals surface area (Å²) < 4.78 is 21.3. The van der Waals surface area contributed by atoms with E-state index in [1.54, 1.807) is 6.92 Å². The topological polar surface area (TPSA) is 55.8 Å². The fraction of sp³-hybridized carbons (Fsp3) is 1.00. The molecule has 1 N–H and O–H groups in total. The average molecular weight is 180 g/mol. The summed E-state index contributed by atoms with van der Waals surface area (Å²) in [6.45, 7) is 2.55. The van der Waals surface area contributed by atoms with Crippen molar-refractivity contribution in [3.63, 3.8) is 0 Å². The van der Waals surface area contributed by atoms with Crippen LogP contribution in [0.5, 0.6) is 0 Å². The van der Waals surface area contributed by atoms with E-state index in [2.05, 4.69) is 0 Å². The molecule has 0 spiro atoms. The number of hydrogen-bond donors (Lipinski definition) is 1. The number of aliphatic hydroxyl groups is 1. The highest BCUT2D eigenvalue weighted by molar-refractivity contribution is 7.54. The molecule has 0 bridgehead atoms. The Bertz CT molecular complexity index is 170. The van der Waals surface area contributed by atoms with Crippen LogP contribution < -0.4 is 0 Å². The summed E-state index contributed by atoms with van der Waals surface area (Å²) in [5.74, 6) is -0.00705. The van der Waals surface area contributed by atoms with E-state index in [1.807, 2.05) is 0 Å². The lowest BCUT2D eigenvalue weighted by Gasteiger charge is -2.08. The molecule has 1 fully saturated rings. The molecule has 0 aromatic rings. The van der Waals surface area contributed by atoms with Crippen molar-refractivity contribution in [2.45, 2.75) is 6.92 Å². The summed E-state index contributed by atoms with van der Waals surface area (Å²) in [7, 11) is -2.80. The normalized spacial score (nSPS) is 37.8. The molecule has 66 valence electrons. The minimum absolute atomic E-state index is 0.00705. The molecule has 4 nitrogen and oxygen atoms in total. The lowest BCUT2D eigenvalue weighted by atomic mass is 10.2. The molecule has 0 radical (unpaired) electrons. The predicted octanol–water partition coefficient (Wildman–Crippen LogP) is 0.855. The summed E-state index contributed by atoms with van der Waals surface area (Å²) in [5.41, 5.74) is 0. The van der Waals surface area contributed by atoms with E-state index in [9.17, 15) is 4.57 Å². The second-order valence-corrected chi connectivity index (χ2v) is 4.66. The summed E-state index contributed by atoms with van der Waals surface area (Å²) >= 11 is 0. The van der Waals surface area contributed by atoms with Crippen LogP contribution in [-0.2, 0) is 13.6 Å². The third-order valence-corrected chi connectivity index (χ3v) is 3.73.